The Balaban J connectivity index is 1.95. The number of nitrogens with zero attached hydrogens (tertiary/aromatic N) is 3. The Morgan fingerprint density at radius 3 is 2.52 bits per heavy atom. The predicted octanol–water partition coefficient (Wildman–Crippen LogP) is 2.74. The summed E-state index contributed by atoms with van der Waals surface area (Å²) in [6, 6.07) is 8.16. The van der Waals surface area contributed by atoms with Crippen LogP contribution in [0.5, 0.6) is 0 Å². The number of nitrogen functional groups attached to an aromatic ring is 1. The van der Waals surface area contributed by atoms with E-state index < -0.39 is 0 Å². The largest absolute Gasteiger partial charge is 0.403 e. The monoisotopic (exact) mass is 392 g/mol. The lowest BCUT2D eigenvalue weighted by Crippen LogP contribution is -2.21. The number of nitrogens with two attached hydrogens (primary N) is 2. The lowest BCUT2D eigenvalue weighted by molar-refractivity contribution is 0.443. The summed E-state index contributed by atoms with van der Waals surface area (Å²) in [5.74, 6) is 2.27. The van der Waals surface area contributed by atoms with Gasteiger partial charge in [-0.3, -0.25) is 0 Å². The van der Waals surface area contributed by atoms with Crippen LogP contribution in [-0.4, -0.2) is 29.0 Å². The van der Waals surface area contributed by atoms with Crippen LogP contribution >= 0.6 is 0 Å². The lowest BCUT2D eigenvalue weighted by Gasteiger charge is -2.21. The summed E-state index contributed by atoms with van der Waals surface area (Å²) in [4.78, 5) is 13.3. The van der Waals surface area contributed by atoms with E-state index in [1.807, 2.05) is 31.3 Å². The zero-order chi connectivity index (χ0) is 21.0. The first kappa shape index (κ1) is 20.3. The Kier molecular flexibility index (Phi) is 6.13. The lowest BCUT2D eigenvalue weighted by atomic mass is 9.97. The highest BCUT2D eigenvalue weighted by Gasteiger charge is 2.14. The smallest absolute Gasteiger partial charge is 0.133 e. The summed E-state index contributed by atoms with van der Waals surface area (Å²) >= 11 is 0. The fourth-order valence-corrected chi connectivity index (χ4v) is 3.40. The number of hydrogen-bond acceptors (Lipinski definition) is 8. The van der Waals surface area contributed by atoms with Crippen LogP contribution in [0.3, 0.4) is 0 Å². The van der Waals surface area contributed by atoms with E-state index in [9.17, 15) is 0 Å². The zero-order valence-corrected chi connectivity index (χ0v) is 17.2. The number of pyridine rings is 3. The van der Waals surface area contributed by atoms with Gasteiger partial charge in [-0.15, -0.1) is 0 Å². The molecule has 29 heavy (non-hydrogen) atoms. The van der Waals surface area contributed by atoms with E-state index in [1.54, 1.807) is 19.4 Å². The molecule has 3 aromatic rings. The molecule has 0 bridgehead atoms. The van der Waals surface area contributed by atoms with Crippen LogP contribution in [0.2, 0.25) is 0 Å². The number of anilines is 3. The van der Waals surface area contributed by atoms with Gasteiger partial charge in [0.15, 0.2) is 0 Å². The van der Waals surface area contributed by atoms with Gasteiger partial charge in [-0.05, 0) is 48.2 Å². The first-order chi connectivity index (χ1) is 14.0. The van der Waals surface area contributed by atoms with Gasteiger partial charge in [0.05, 0.1) is 11.4 Å². The minimum absolute atomic E-state index is 0.250. The van der Waals surface area contributed by atoms with Crippen molar-refractivity contribution in [2.75, 3.05) is 25.1 Å². The highest BCUT2D eigenvalue weighted by atomic mass is 15.1. The van der Waals surface area contributed by atoms with Crippen LogP contribution in [0.15, 0.2) is 42.9 Å². The van der Waals surface area contributed by atoms with Crippen LogP contribution in [-0.2, 0) is 0 Å². The van der Waals surface area contributed by atoms with Gasteiger partial charge >= 0.3 is 0 Å². The maximum atomic E-state index is 6.12. The average Bonchev–Trinajstić information content (AvgIpc) is 2.69. The molecule has 1 atom stereocenters. The SMILES string of the molecule is CN/C(=C\N)c1cc2cc(Nc3cc(C(NC)C(C)C)ccn3)ncc2c(N)n1. The summed E-state index contributed by atoms with van der Waals surface area (Å²) in [6.07, 6.45) is 4.98. The van der Waals surface area contributed by atoms with E-state index in [4.69, 9.17) is 11.5 Å². The number of fused-ring (bicyclic) bond motifs is 1. The third-order valence-corrected chi connectivity index (χ3v) is 4.83. The molecule has 0 fully saturated rings. The molecule has 8 nitrogen and oxygen atoms in total. The molecule has 3 rings (SSSR count). The standard InChI is InChI=1S/C21H28N8/c1-12(2)20(25-4)13-5-6-26-18(8-13)29-19-9-14-7-16(17(10-22)24-3)28-21(23)15(14)11-27-19/h5-12,20,24-25H,22H2,1-4H3,(H2,23,28)(H,26,27,29)/b17-10-. The number of hydrogen-bond donors (Lipinski definition) is 5. The van der Waals surface area contributed by atoms with Gasteiger partial charge in [0.1, 0.15) is 17.5 Å². The third-order valence-electron chi connectivity index (χ3n) is 4.83. The summed E-state index contributed by atoms with van der Waals surface area (Å²) < 4.78 is 0. The maximum absolute atomic E-state index is 6.12. The first-order valence-corrected chi connectivity index (χ1v) is 9.53. The summed E-state index contributed by atoms with van der Waals surface area (Å²) in [7, 11) is 3.75. The zero-order valence-electron chi connectivity index (χ0n) is 17.2. The summed E-state index contributed by atoms with van der Waals surface area (Å²) in [5, 5.41) is 11.3. The fourth-order valence-electron chi connectivity index (χ4n) is 3.40. The molecule has 7 N–H and O–H groups in total. The fraction of sp³-hybridized carbons (Fsp3) is 0.286. The Morgan fingerprint density at radius 1 is 1.10 bits per heavy atom. The van der Waals surface area contributed by atoms with Gasteiger partial charge in [-0.1, -0.05) is 13.8 Å². The molecular weight excluding hydrogens is 364 g/mol. The van der Waals surface area contributed by atoms with Crippen molar-refractivity contribution in [3.05, 3.63) is 54.1 Å². The number of nitrogens with one attached hydrogen (secondary N) is 3. The second-order valence-electron chi connectivity index (χ2n) is 7.12. The quantitative estimate of drug-likeness (QED) is 0.415. The molecule has 0 aliphatic rings. The molecule has 8 heteroatoms. The van der Waals surface area contributed by atoms with Crippen molar-refractivity contribution in [1.82, 2.24) is 25.6 Å². The molecule has 152 valence electrons. The van der Waals surface area contributed by atoms with Crippen molar-refractivity contribution in [3.63, 3.8) is 0 Å². The molecule has 0 aliphatic heterocycles. The molecule has 0 saturated heterocycles. The van der Waals surface area contributed by atoms with E-state index in [-0.39, 0.29) is 6.04 Å². The average molecular weight is 393 g/mol. The van der Waals surface area contributed by atoms with Crippen LogP contribution in [0, 0.1) is 5.92 Å². The first-order valence-electron chi connectivity index (χ1n) is 9.53. The minimum atomic E-state index is 0.250. The maximum Gasteiger partial charge on any atom is 0.133 e. The molecule has 0 spiro atoms. The highest BCUT2D eigenvalue weighted by Crippen LogP contribution is 2.27. The Bertz CT molecular complexity index is 1030. The Hall–Kier alpha value is -3.39. The van der Waals surface area contributed by atoms with Crippen molar-refractivity contribution >= 4 is 33.9 Å². The molecule has 3 heterocycles. The van der Waals surface area contributed by atoms with Crippen LogP contribution in [0.4, 0.5) is 17.5 Å². The summed E-state index contributed by atoms with van der Waals surface area (Å²) in [6.45, 7) is 4.37. The van der Waals surface area contributed by atoms with Crippen molar-refractivity contribution in [1.29, 1.82) is 0 Å². The van der Waals surface area contributed by atoms with Crippen LogP contribution in [0.1, 0.15) is 31.1 Å². The van der Waals surface area contributed by atoms with Gasteiger partial charge in [-0.2, -0.15) is 0 Å². The van der Waals surface area contributed by atoms with E-state index in [1.165, 1.54) is 11.8 Å². The minimum Gasteiger partial charge on any atom is -0.403 e. The van der Waals surface area contributed by atoms with Gasteiger partial charge in [0.2, 0.25) is 0 Å². The van der Waals surface area contributed by atoms with Crippen molar-refractivity contribution < 1.29 is 0 Å². The third kappa shape index (κ3) is 4.38. The molecule has 0 saturated carbocycles. The molecule has 0 radical (unpaired) electrons. The van der Waals surface area contributed by atoms with E-state index >= 15 is 0 Å². The predicted molar refractivity (Wildman–Crippen MR) is 119 cm³/mol. The molecule has 3 aromatic heterocycles. The second kappa shape index (κ2) is 8.74. The van der Waals surface area contributed by atoms with Crippen LogP contribution in [0.25, 0.3) is 16.5 Å². The highest BCUT2D eigenvalue weighted by molar-refractivity contribution is 5.93. The van der Waals surface area contributed by atoms with E-state index in [0.29, 0.717) is 28.9 Å². The number of rotatable bonds is 7. The number of aromatic nitrogens is 3. The van der Waals surface area contributed by atoms with Gasteiger partial charge < -0.3 is 27.4 Å². The normalized spacial score (nSPS) is 12.9. The van der Waals surface area contributed by atoms with Gasteiger partial charge in [0, 0.05) is 37.1 Å². The van der Waals surface area contributed by atoms with Gasteiger partial charge in [-0.25, -0.2) is 15.0 Å². The van der Waals surface area contributed by atoms with Crippen molar-refractivity contribution in [3.8, 4) is 0 Å². The molecule has 1 unspecified atom stereocenters. The molecule has 0 amide bonds. The van der Waals surface area contributed by atoms with Crippen molar-refractivity contribution in [2.24, 2.45) is 11.7 Å². The van der Waals surface area contributed by atoms with Gasteiger partial charge in [0.25, 0.3) is 0 Å². The molecule has 0 aliphatic carbocycles. The van der Waals surface area contributed by atoms with Crippen LogP contribution < -0.4 is 27.4 Å². The second-order valence-corrected chi connectivity index (χ2v) is 7.12. The van der Waals surface area contributed by atoms with E-state index in [0.717, 1.165) is 16.6 Å². The molecular formula is C21H28N8. The Labute approximate surface area is 170 Å². The Morgan fingerprint density at radius 2 is 1.86 bits per heavy atom. The topological polar surface area (TPSA) is 127 Å². The summed E-state index contributed by atoms with van der Waals surface area (Å²) in [5.41, 5.74) is 14.3. The van der Waals surface area contributed by atoms with E-state index in [2.05, 4.69) is 44.7 Å². The van der Waals surface area contributed by atoms with Crippen molar-refractivity contribution in [2.45, 2.75) is 19.9 Å². The molecule has 0 aromatic carbocycles.